The van der Waals surface area contributed by atoms with Gasteiger partial charge in [0.2, 0.25) is 0 Å². The highest BCUT2D eigenvalue weighted by Crippen LogP contribution is 2.39. The predicted molar refractivity (Wildman–Crippen MR) is 91.2 cm³/mol. The third-order valence-corrected chi connectivity index (χ3v) is 4.17. The number of aromatic amines is 2. The quantitative estimate of drug-likeness (QED) is 0.580. The van der Waals surface area contributed by atoms with Crippen LogP contribution < -0.4 is 10.4 Å². The smallest absolute Gasteiger partial charge is 0.325 e. The Morgan fingerprint density at radius 2 is 1.92 bits per heavy atom. The molecule has 2 aromatic carbocycles. The third-order valence-electron chi connectivity index (χ3n) is 3.85. The monoisotopic (exact) mass is 343 g/mol. The molecule has 7 heteroatoms. The SMILES string of the molecule is COc1c(-c2ccc(F)cc2Cl)ccc2nc3[nH]c(=O)[nH]c3cc12. The molecule has 2 N–H and O–H groups in total. The van der Waals surface area contributed by atoms with Crippen LogP contribution in [0.15, 0.2) is 41.2 Å². The molecular formula is C17H11ClFN3O2. The number of halogens is 2. The Bertz CT molecular complexity index is 1150. The number of aromatic nitrogens is 3. The van der Waals surface area contributed by atoms with Gasteiger partial charge in [-0.2, -0.15) is 0 Å². The van der Waals surface area contributed by atoms with Gasteiger partial charge in [-0.1, -0.05) is 11.6 Å². The summed E-state index contributed by atoms with van der Waals surface area (Å²) >= 11 is 6.18. The molecule has 0 radical (unpaired) electrons. The molecular weight excluding hydrogens is 333 g/mol. The van der Waals surface area contributed by atoms with Gasteiger partial charge in [-0.25, -0.2) is 14.2 Å². The van der Waals surface area contributed by atoms with E-state index in [1.165, 1.54) is 12.1 Å². The normalized spacial score (nSPS) is 11.3. The van der Waals surface area contributed by atoms with Gasteiger partial charge in [0.25, 0.3) is 0 Å². The lowest BCUT2D eigenvalue weighted by atomic mass is 10.0. The van der Waals surface area contributed by atoms with Crippen LogP contribution >= 0.6 is 11.6 Å². The van der Waals surface area contributed by atoms with E-state index in [2.05, 4.69) is 15.0 Å². The number of ether oxygens (including phenoxy) is 1. The predicted octanol–water partition coefficient (Wildman–Crippen LogP) is 3.87. The first kappa shape index (κ1) is 14.7. The molecule has 2 heterocycles. The maximum atomic E-state index is 13.3. The maximum absolute atomic E-state index is 13.3. The van der Waals surface area contributed by atoms with E-state index < -0.39 is 5.82 Å². The molecule has 0 saturated heterocycles. The summed E-state index contributed by atoms with van der Waals surface area (Å²) in [6.45, 7) is 0. The minimum atomic E-state index is -0.406. The molecule has 0 amide bonds. The number of methoxy groups -OCH3 is 1. The molecule has 4 rings (SSSR count). The van der Waals surface area contributed by atoms with Crippen molar-refractivity contribution in [2.24, 2.45) is 0 Å². The number of fused-ring (bicyclic) bond motifs is 2. The summed E-state index contributed by atoms with van der Waals surface area (Å²) in [5.74, 6) is 0.147. The molecule has 5 nitrogen and oxygen atoms in total. The Balaban J connectivity index is 2.06. The Kier molecular flexibility index (Phi) is 3.28. The van der Waals surface area contributed by atoms with Crippen molar-refractivity contribution in [2.45, 2.75) is 0 Å². The second kappa shape index (κ2) is 5.35. The summed E-state index contributed by atoms with van der Waals surface area (Å²) < 4.78 is 18.9. The van der Waals surface area contributed by atoms with Crippen LogP contribution in [0, 0.1) is 5.82 Å². The maximum Gasteiger partial charge on any atom is 0.325 e. The van der Waals surface area contributed by atoms with E-state index in [-0.39, 0.29) is 10.7 Å². The number of H-pyrrole nitrogens is 2. The third kappa shape index (κ3) is 2.23. The first-order valence-corrected chi connectivity index (χ1v) is 7.50. The molecule has 2 aromatic heterocycles. The zero-order valence-corrected chi connectivity index (χ0v) is 13.2. The Morgan fingerprint density at radius 1 is 1.12 bits per heavy atom. The fourth-order valence-corrected chi connectivity index (χ4v) is 3.08. The number of hydrogen-bond acceptors (Lipinski definition) is 3. The minimum Gasteiger partial charge on any atom is -0.495 e. The number of pyridine rings is 1. The summed E-state index contributed by atoms with van der Waals surface area (Å²) in [7, 11) is 1.54. The van der Waals surface area contributed by atoms with Crippen molar-refractivity contribution < 1.29 is 9.13 Å². The summed E-state index contributed by atoms with van der Waals surface area (Å²) in [6.07, 6.45) is 0. The lowest BCUT2D eigenvalue weighted by Crippen LogP contribution is -1.99. The van der Waals surface area contributed by atoms with Gasteiger partial charge in [0, 0.05) is 16.5 Å². The van der Waals surface area contributed by atoms with Gasteiger partial charge in [-0.05, 0) is 36.4 Å². The fourth-order valence-electron chi connectivity index (χ4n) is 2.81. The molecule has 0 aliphatic heterocycles. The van der Waals surface area contributed by atoms with E-state index in [0.29, 0.717) is 33.6 Å². The first-order valence-electron chi connectivity index (χ1n) is 7.12. The summed E-state index contributed by atoms with van der Waals surface area (Å²) in [6, 6.07) is 9.60. The fraction of sp³-hybridized carbons (Fsp3) is 0.0588. The number of nitrogens with one attached hydrogen (secondary N) is 2. The molecule has 120 valence electrons. The van der Waals surface area contributed by atoms with E-state index in [4.69, 9.17) is 16.3 Å². The van der Waals surface area contributed by atoms with Gasteiger partial charge >= 0.3 is 5.69 Å². The number of hydrogen-bond donors (Lipinski definition) is 2. The van der Waals surface area contributed by atoms with Gasteiger partial charge < -0.3 is 9.72 Å². The van der Waals surface area contributed by atoms with Gasteiger partial charge in [-0.15, -0.1) is 0 Å². The van der Waals surface area contributed by atoms with Crippen molar-refractivity contribution in [3.05, 3.63) is 57.7 Å². The van der Waals surface area contributed by atoms with Crippen molar-refractivity contribution in [1.82, 2.24) is 15.0 Å². The van der Waals surface area contributed by atoms with Crippen LogP contribution in [-0.2, 0) is 0 Å². The van der Waals surface area contributed by atoms with Crippen LogP contribution in [0.25, 0.3) is 33.2 Å². The zero-order chi connectivity index (χ0) is 16.8. The largest absolute Gasteiger partial charge is 0.495 e. The number of nitrogens with zero attached hydrogens (tertiary/aromatic N) is 1. The lowest BCUT2D eigenvalue weighted by molar-refractivity contribution is 0.421. The Morgan fingerprint density at radius 3 is 2.67 bits per heavy atom. The van der Waals surface area contributed by atoms with Gasteiger partial charge in [0.15, 0.2) is 5.65 Å². The van der Waals surface area contributed by atoms with Crippen LogP contribution in [0.1, 0.15) is 0 Å². The second-order valence-electron chi connectivity index (χ2n) is 5.30. The molecule has 24 heavy (non-hydrogen) atoms. The topological polar surface area (TPSA) is 70.8 Å². The average molecular weight is 344 g/mol. The van der Waals surface area contributed by atoms with Crippen LogP contribution in [0.3, 0.4) is 0 Å². The average Bonchev–Trinajstić information content (AvgIpc) is 2.91. The number of rotatable bonds is 2. The van der Waals surface area contributed by atoms with Crippen LogP contribution in [0.4, 0.5) is 4.39 Å². The first-order chi connectivity index (χ1) is 11.6. The molecule has 0 unspecified atom stereocenters. The van der Waals surface area contributed by atoms with Crippen LogP contribution in [0.5, 0.6) is 5.75 Å². The van der Waals surface area contributed by atoms with Crippen molar-refractivity contribution in [3.8, 4) is 16.9 Å². The van der Waals surface area contributed by atoms with Crippen molar-refractivity contribution in [1.29, 1.82) is 0 Å². The van der Waals surface area contributed by atoms with Gasteiger partial charge in [-0.3, -0.25) is 4.98 Å². The summed E-state index contributed by atoms with van der Waals surface area (Å²) in [5, 5.41) is 1.01. The van der Waals surface area contributed by atoms with E-state index in [0.717, 1.165) is 5.39 Å². The number of imidazole rings is 1. The second-order valence-corrected chi connectivity index (χ2v) is 5.71. The van der Waals surface area contributed by atoms with Gasteiger partial charge in [0.1, 0.15) is 11.6 Å². The minimum absolute atomic E-state index is 0.289. The molecule has 0 aliphatic carbocycles. The highest BCUT2D eigenvalue weighted by atomic mass is 35.5. The zero-order valence-electron chi connectivity index (χ0n) is 12.5. The molecule has 0 bridgehead atoms. The van der Waals surface area contributed by atoms with Gasteiger partial charge in [0.05, 0.1) is 23.2 Å². The summed E-state index contributed by atoms with van der Waals surface area (Å²) in [4.78, 5) is 21.2. The van der Waals surface area contributed by atoms with E-state index in [9.17, 15) is 9.18 Å². The Labute approximate surface area is 140 Å². The molecule has 0 spiro atoms. The standard InChI is InChI=1S/C17H11ClFN3O2/c1-24-15-10(9-3-2-8(19)6-12(9)18)4-5-13-11(15)7-14-16(20-13)22-17(23)21-14/h2-7H,1H3,(H2,20,21,22,23). The lowest BCUT2D eigenvalue weighted by Gasteiger charge is -2.13. The molecule has 4 aromatic rings. The molecule has 0 aliphatic rings. The molecule has 0 fully saturated rings. The Hall–Kier alpha value is -2.86. The van der Waals surface area contributed by atoms with Crippen molar-refractivity contribution in [2.75, 3.05) is 7.11 Å². The highest BCUT2D eigenvalue weighted by molar-refractivity contribution is 6.33. The van der Waals surface area contributed by atoms with Crippen LogP contribution in [-0.4, -0.2) is 22.1 Å². The van der Waals surface area contributed by atoms with E-state index >= 15 is 0 Å². The van der Waals surface area contributed by atoms with Crippen molar-refractivity contribution in [3.63, 3.8) is 0 Å². The van der Waals surface area contributed by atoms with Crippen molar-refractivity contribution >= 4 is 33.7 Å². The summed E-state index contributed by atoms with van der Waals surface area (Å²) in [5.41, 5.74) is 2.76. The number of benzene rings is 2. The van der Waals surface area contributed by atoms with Crippen LogP contribution in [0.2, 0.25) is 5.02 Å². The highest BCUT2D eigenvalue weighted by Gasteiger charge is 2.15. The van der Waals surface area contributed by atoms with E-state index in [1.54, 1.807) is 25.3 Å². The molecule has 0 atom stereocenters. The molecule has 0 saturated carbocycles. The van der Waals surface area contributed by atoms with E-state index in [1.807, 2.05) is 6.07 Å².